The topological polar surface area (TPSA) is 54.5 Å². The van der Waals surface area contributed by atoms with E-state index in [4.69, 9.17) is 0 Å². The number of halogens is 1. The van der Waals surface area contributed by atoms with Crippen LogP contribution in [-0.2, 0) is 0 Å². The van der Waals surface area contributed by atoms with E-state index in [1.807, 2.05) is 27.7 Å². The summed E-state index contributed by atoms with van der Waals surface area (Å²) in [5, 5.41) is 0. The van der Waals surface area contributed by atoms with Gasteiger partial charge in [0.25, 0.3) is 0 Å². The highest BCUT2D eigenvalue weighted by Crippen LogP contribution is 2.27. The minimum atomic E-state index is -0.247. The Labute approximate surface area is 117 Å². The zero-order chi connectivity index (χ0) is 14.7. The molecule has 2 heterocycles. The van der Waals surface area contributed by atoms with Crippen LogP contribution in [0.25, 0.3) is 22.4 Å². The van der Waals surface area contributed by atoms with Gasteiger partial charge in [0.1, 0.15) is 22.9 Å². The molecule has 0 saturated heterocycles. The van der Waals surface area contributed by atoms with Crippen molar-refractivity contribution in [2.75, 3.05) is 0 Å². The summed E-state index contributed by atoms with van der Waals surface area (Å²) in [7, 11) is 0. The molecule has 0 aliphatic heterocycles. The molecule has 20 heavy (non-hydrogen) atoms. The molecule has 0 fully saturated rings. The van der Waals surface area contributed by atoms with Crippen molar-refractivity contribution in [2.24, 2.45) is 0 Å². The highest BCUT2D eigenvalue weighted by molar-refractivity contribution is 5.87. The average Bonchev–Trinajstić information content (AvgIpc) is 2.88. The second-order valence-corrected chi connectivity index (χ2v) is 4.18. The van der Waals surface area contributed by atoms with Crippen molar-refractivity contribution >= 4 is 11.2 Å². The second-order valence-electron chi connectivity index (χ2n) is 4.18. The second kappa shape index (κ2) is 5.77. The normalized spacial score (nSPS) is 10.2. The van der Waals surface area contributed by atoms with Crippen molar-refractivity contribution in [3.63, 3.8) is 0 Å². The van der Waals surface area contributed by atoms with E-state index in [1.165, 1.54) is 12.1 Å². The highest BCUT2D eigenvalue weighted by atomic mass is 19.1. The van der Waals surface area contributed by atoms with Crippen LogP contribution in [0.2, 0.25) is 0 Å². The van der Waals surface area contributed by atoms with Crippen molar-refractivity contribution in [3.8, 4) is 11.3 Å². The van der Waals surface area contributed by atoms with Crippen LogP contribution in [0.4, 0.5) is 4.39 Å². The van der Waals surface area contributed by atoms with Crippen molar-refractivity contribution < 1.29 is 4.39 Å². The Morgan fingerprint density at radius 2 is 1.85 bits per heavy atom. The maximum absolute atomic E-state index is 13.1. The first-order valence-corrected chi connectivity index (χ1v) is 6.59. The van der Waals surface area contributed by atoms with Gasteiger partial charge in [0.05, 0.1) is 6.33 Å². The van der Waals surface area contributed by atoms with Crippen molar-refractivity contribution in [1.82, 2.24) is 19.9 Å². The van der Waals surface area contributed by atoms with Gasteiger partial charge in [0.2, 0.25) is 0 Å². The molecule has 3 aromatic rings. The number of fused-ring (bicyclic) bond motifs is 1. The number of nitrogens with zero attached hydrogens (tertiary/aromatic N) is 3. The largest absolute Gasteiger partial charge is 0.341 e. The van der Waals surface area contributed by atoms with Gasteiger partial charge in [-0.25, -0.2) is 19.3 Å². The molecule has 5 heteroatoms. The van der Waals surface area contributed by atoms with E-state index < -0.39 is 0 Å². The van der Waals surface area contributed by atoms with E-state index in [-0.39, 0.29) is 5.82 Å². The quantitative estimate of drug-likeness (QED) is 0.733. The summed E-state index contributed by atoms with van der Waals surface area (Å²) < 4.78 is 13.1. The Morgan fingerprint density at radius 1 is 1.10 bits per heavy atom. The lowest BCUT2D eigenvalue weighted by atomic mass is 10.0. The van der Waals surface area contributed by atoms with Gasteiger partial charge in [0.15, 0.2) is 5.65 Å². The van der Waals surface area contributed by atoms with Crippen molar-refractivity contribution in [2.45, 2.75) is 27.7 Å². The average molecular weight is 272 g/mol. The first-order chi connectivity index (χ1) is 9.65. The third-order valence-electron chi connectivity index (χ3n) is 2.84. The number of nitrogens with one attached hydrogen (secondary N) is 1. The molecular weight excluding hydrogens is 255 g/mol. The van der Waals surface area contributed by atoms with Gasteiger partial charge in [-0.05, 0) is 37.6 Å². The maximum atomic E-state index is 13.1. The lowest BCUT2D eigenvalue weighted by molar-refractivity contribution is 0.627. The SMILES string of the molecule is CC.Cc1nc(-c2ccc(F)cc2C)c2[nH]cnc2n1. The molecule has 0 spiro atoms. The number of rotatable bonds is 1. The predicted octanol–water partition coefficient (Wildman–Crippen LogP) is 3.80. The Morgan fingerprint density at radius 3 is 2.55 bits per heavy atom. The van der Waals surface area contributed by atoms with Gasteiger partial charge < -0.3 is 4.98 Å². The van der Waals surface area contributed by atoms with Gasteiger partial charge in [-0.1, -0.05) is 13.8 Å². The molecule has 0 radical (unpaired) electrons. The lowest BCUT2D eigenvalue weighted by Gasteiger charge is -2.07. The molecule has 2 aromatic heterocycles. The molecule has 0 atom stereocenters. The molecule has 0 amide bonds. The van der Waals surface area contributed by atoms with E-state index in [0.29, 0.717) is 11.5 Å². The smallest absolute Gasteiger partial charge is 0.181 e. The number of H-pyrrole nitrogens is 1. The molecule has 0 aliphatic rings. The van der Waals surface area contributed by atoms with E-state index in [2.05, 4.69) is 19.9 Å². The fourth-order valence-electron chi connectivity index (χ4n) is 2.03. The lowest BCUT2D eigenvalue weighted by Crippen LogP contribution is -1.95. The number of benzene rings is 1. The van der Waals surface area contributed by atoms with Crippen LogP contribution in [0.15, 0.2) is 24.5 Å². The molecule has 0 unspecified atom stereocenters. The van der Waals surface area contributed by atoms with E-state index >= 15 is 0 Å². The van der Waals surface area contributed by atoms with Crippen LogP contribution in [-0.4, -0.2) is 19.9 Å². The van der Waals surface area contributed by atoms with Crippen LogP contribution in [0.3, 0.4) is 0 Å². The number of aromatic amines is 1. The van der Waals surface area contributed by atoms with Gasteiger partial charge >= 0.3 is 0 Å². The molecule has 0 aliphatic carbocycles. The number of aromatic nitrogens is 4. The summed E-state index contributed by atoms with van der Waals surface area (Å²) in [6.45, 7) is 7.68. The summed E-state index contributed by atoms with van der Waals surface area (Å²) in [6.07, 6.45) is 1.58. The van der Waals surface area contributed by atoms with Crippen LogP contribution in [0.5, 0.6) is 0 Å². The van der Waals surface area contributed by atoms with Gasteiger partial charge in [-0.3, -0.25) is 0 Å². The summed E-state index contributed by atoms with van der Waals surface area (Å²) in [5.74, 6) is 0.399. The summed E-state index contributed by atoms with van der Waals surface area (Å²) >= 11 is 0. The van der Waals surface area contributed by atoms with Gasteiger partial charge in [-0.15, -0.1) is 0 Å². The standard InChI is InChI=1S/C13H11FN4.C2H6/c1-7-5-9(14)3-4-10(7)11-12-13(16-6-15-12)18-8(2)17-11;1-2/h3-6H,1-2H3,(H,15,16,17,18);1-2H3. The van der Waals surface area contributed by atoms with Gasteiger partial charge in [-0.2, -0.15) is 0 Å². The summed E-state index contributed by atoms with van der Waals surface area (Å²) in [4.78, 5) is 15.8. The third kappa shape index (κ3) is 2.52. The Hall–Kier alpha value is -2.30. The molecule has 4 nitrogen and oxygen atoms in total. The molecule has 1 N–H and O–H groups in total. The Balaban J connectivity index is 0.000000704. The molecule has 0 saturated carbocycles. The Kier molecular flexibility index (Phi) is 4.08. The van der Waals surface area contributed by atoms with Crippen molar-refractivity contribution in [1.29, 1.82) is 0 Å². The Bertz CT molecular complexity index is 734. The fourth-order valence-corrected chi connectivity index (χ4v) is 2.03. The first-order valence-electron chi connectivity index (χ1n) is 6.59. The summed E-state index contributed by atoms with van der Waals surface area (Å²) in [6, 6.07) is 4.66. The number of hydrogen-bond acceptors (Lipinski definition) is 3. The van der Waals surface area contributed by atoms with Gasteiger partial charge in [0, 0.05) is 5.56 Å². The molecular formula is C15H17FN4. The minimum Gasteiger partial charge on any atom is -0.341 e. The number of hydrogen-bond donors (Lipinski definition) is 1. The first kappa shape index (κ1) is 14.1. The monoisotopic (exact) mass is 272 g/mol. The molecule has 1 aromatic carbocycles. The van der Waals surface area contributed by atoms with Crippen molar-refractivity contribution in [3.05, 3.63) is 41.7 Å². The number of imidazole rings is 1. The maximum Gasteiger partial charge on any atom is 0.181 e. The van der Waals surface area contributed by atoms with Crippen LogP contribution >= 0.6 is 0 Å². The van der Waals surface area contributed by atoms with E-state index in [0.717, 1.165) is 22.3 Å². The fraction of sp³-hybridized carbons (Fsp3) is 0.267. The van der Waals surface area contributed by atoms with E-state index in [9.17, 15) is 4.39 Å². The van der Waals surface area contributed by atoms with Crippen LogP contribution in [0.1, 0.15) is 25.2 Å². The zero-order valence-corrected chi connectivity index (χ0v) is 12.0. The minimum absolute atomic E-state index is 0.247. The van der Waals surface area contributed by atoms with Crippen LogP contribution < -0.4 is 0 Å². The molecule has 0 bridgehead atoms. The summed E-state index contributed by atoms with van der Waals surface area (Å²) in [5.41, 5.74) is 3.88. The predicted molar refractivity (Wildman–Crippen MR) is 77.9 cm³/mol. The highest BCUT2D eigenvalue weighted by Gasteiger charge is 2.12. The van der Waals surface area contributed by atoms with Crippen LogP contribution in [0, 0.1) is 19.7 Å². The molecule has 3 rings (SSSR count). The zero-order valence-electron chi connectivity index (χ0n) is 12.0. The molecule has 104 valence electrons. The van der Waals surface area contributed by atoms with E-state index in [1.54, 1.807) is 12.4 Å². The number of aryl methyl sites for hydroxylation is 2. The third-order valence-corrected chi connectivity index (χ3v) is 2.84.